The molecule has 144 valence electrons. The van der Waals surface area contributed by atoms with Crippen LogP contribution in [0.3, 0.4) is 0 Å². The summed E-state index contributed by atoms with van der Waals surface area (Å²) in [6.45, 7) is 2.48. The Hall–Kier alpha value is -2.99. The summed E-state index contributed by atoms with van der Waals surface area (Å²) in [4.78, 5) is 45.7. The Balaban J connectivity index is 1.66. The molecule has 0 bridgehead atoms. The number of para-hydroxylation sites is 1. The zero-order valence-corrected chi connectivity index (χ0v) is 16.2. The number of halogens is 1. The van der Waals surface area contributed by atoms with E-state index in [1.165, 1.54) is 0 Å². The number of H-pyrrole nitrogens is 1. The van der Waals surface area contributed by atoms with Gasteiger partial charge in [-0.25, -0.2) is 4.98 Å². The van der Waals surface area contributed by atoms with Crippen LogP contribution in [-0.2, 0) is 11.3 Å². The monoisotopic (exact) mass is 397 g/mol. The van der Waals surface area contributed by atoms with Crippen LogP contribution in [-0.4, -0.2) is 33.1 Å². The third kappa shape index (κ3) is 4.64. The number of nitrogens with one attached hydrogen (secondary N) is 1. The number of nitrogens with zero attached hydrogens (tertiary/aromatic N) is 2. The molecule has 0 unspecified atom stereocenters. The molecule has 1 aromatic heterocycles. The standard InChI is InChI=1S/C21H20ClN3O3/c1-2-25(13-19-23-17-6-4-3-5-16(17)21(28)24-19)20(27)12-11-18(26)14-7-9-15(22)10-8-14/h3-10H,2,11-13H2,1H3,(H,23,24,28). The highest BCUT2D eigenvalue weighted by Gasteiger charge is 2.16. The van der Waals surface area contributed by atoms with Crippen LogP contribution in [0.5, 0.6) is 0 Å². The molecule has 7 heteroatoms. The van der Waals surface area contributed by atoms with Crippen LogP contribution in [0.4, 0.5) is 0 Å². The number of rotatable bonds is 7. The molecule has 0 aliphatic carbocycles. The molecular weight excluding hydrogens is 378 g/mol. The van der Waals surface area contributed by atoms with Crippen LogP contribution in [0.2, 0.25) is 5.02 Å². The Morgan fingerprint density at radius 3 is 2.50 bits per heavy atom. The predicted molar refractivity (Wildman–Crippen MR) is 108 cm³/mol. The van der Waals surface area contributed by atoms with Gasteiger partial charge in [-0.15, -0.1) is 0 Å². The van der Waals surface area contributed by atoms with Gasteiger partial charge in [-0.05, 0) is 43.3 Å². The first-order valence-corrected chi connectivity index (χ1v) is 9.40. The van der Waals surface area contributed by atoms with Crippen molar-refractivity contribution in [2.45, 2.75) is 26.3 Å². The largest absolute Gasteiger partial charge is 0.335 e. The highest BCUT2D eigenvalue weighted by atomic mass is 35.5. The van der Waals surface area contributed by atoms with E-state index in [4.69, 9.17) is 11.6 Å². The third-order valence-corrected chi connectivity index (χ3v) is 4.72. The lowest BCUT2D eigenvalue weighted by atomic mass is 10.1. The number of ketones is 1. The SMILES string of the molecule is CCN(Cc1nc2ccccc2c(=O)[nH]1)C(=O)CCC(=O)c1ccc(Cl)cc1. The van der Waals surface area contributed by atoms with Crippen LogP contribution in [0.25, 0.3) is 10.9 Å². The molecule has 1 amide bonds. The fraction of sp³-hybridized carbons (Fsp3) is 0.238. The van der Waals surface area contributed by atoms with Gasteiger partial charge in [-0.3, -0.25) is 14.4 Å². The van der Waals surface area contributed by atoms with Crippen LogP contribution >= 0.6 is 11.6 Å². The summed E-state index contributed by atoms with van der Waals surface area (Å²) in [6.07, 6.45) is 0.200. The molecule has 0 aliphatic heterocycles. The van der Waals surface area contributed by atoms with E-state index in [0.29, 0.717) is 33.9 Å². The van der Waals surface area contributed by atoms with Gasteiger partial charge in [-0.1, -0.05) is 23.7 Å². The van der Waals surface area contributed by atoms with Crippen molar-refractivity contribution in [3.05, 3.63) is 75.3 Å². The molecule has 0 atom stereocenters. The number of amides is 1. The predicted octanol–water partition coefficient (Wildman–Crippen LogP) is 3.59. The second-order valence-corrected chi connectivity index (χ2v) is 6.80. The number of carbonyl (C=O) groups is 2. The molecule has 0 saturated heterocycles. The van der Waals surface area contributed by atoms with Gasteiger partial charge in [-0.2, -0.15) is 0 Å². The molecule has 3 rings (SSSR count). The van der Waals surface area contributed by atoms with Crippen molar-refractivity contribution in [1.29, 1.82) is 0 Å². The Kier molecular flexibility index (Phi) is 6.21. The summed E-state index contributed by atoms with van der Waals surface area (Å²) >= 11 is 5.83. The van der Waals surface area contributed by atoms with Crippen molar-refractivity contribution >= 4 is 34.2 Å². The maximum Gasteiger partial charge on any atom is 0.258 e. The summed E-state index contributed by atoms with van der Waals surface area (Å²) < 4.78 is 0. The second-order valence-electron chi connectivity index (χ2n) is 6.37. The van der Waals surface area contributed by atoms with E-state index in [0.717, 1.165) is 0 Å². The Bertz CT molecular complexity index is 1060. The zero-order chi connectivity index (χ0) is 20.1. The summed E-state index contributed by atoms with van der Waals surface area (Å²) in [7, 11) is 0. The summed E-state index contributed by atoms with van der Waals surface area (Å²) in [5.74, 6) is 0.141. The number of hydrogen-bond acceptors (Lipinski definition) is 4. The first-order chi connectivity index (χ1) is 13.5. The van der Waals surface area contributed by atoms with Gasteiger partial charge in [0, 0.05) is 30.0 Å². The van der Waals surface area contributed by atoms with E-state index in [9.17, 15) is 14.4 Å². The lowest BCUT2D eigenvalue weighted by molar-refractivity contribution is -0.131. The normalized spacial score (nSPS) is 10.8. The Labute approximate surface area is 167 Å². The first-order valence-electron chi connectivity index (χ1n) is 9.02. The third-order valence-electron chi connectivity index (χ3n) is 4.47. The van der Waals surface area contributed by atoms with Crippen LogP contribution in [0.15, 0.2) is 53.3 Å². The van der Waals surface area contributed by atoms with Crippen molar-refractivity contribution in [2.75, 3.05) is 6.54 Å². The first kappa shape index (κ1) is 19.8. The highest BCUT2D eigenvalue weighted by Crippen LogP contribution is 2.13. The van der Waals surface area contributed by atoms with Crippen LogP contribution in [0.1, 0.15) is 35.9 Å². The average Bonchev–Trinajstić information content (AvgIpc) is 2.70. The van der Waals surface area contributed by atoms with E-state index in [1.54, 1.807) is 47.4 Å². The molecule has 2 aromatic carbocycles. The van der Waals surface area contributed by atoms with Gasteiger partial charge in [0.1, 0.15) is 5.82 Å². The molecule has 28 heavy (non-hydrogen) atoms. The molecule has 0 saturated carbocycles. The van der Waals surface area contributed by atoms with E-state index >= 15 is 0 Å². The number of benzene rings is 2. The van der Waals surface area contributed by atoms with E-state index in [2.05, 4.69) is 9.97 Å². The quantitative estimate of drug-likeness (QED) is 0.617. The van der Waals surface area contributed by atoms with E-state index in [-0.39, 0.29) is 36.6 Å². The van der Waals surface area contributed by atoms with Gasteiger partial charge in [0.25, 0.3) is 5.56 Å². The van der Waals surface area contributed by atoms with Crippen LogP contribution < -0.4 is 5.56 Å². The molecule has 0 radical (unpaired) electrons. The minimum absolute atomic E-state index is 0.0904. The number of carbonyl (C=O) groups excluding carboxylic acids is 2. The number of hydrogen-bond donors (Lipinski definition) is 1. The topological polar surface area (TPSA) is 83.1 Å². The highest BCUT2D eigenvalue weighted by molar-refractivity contribution is 6.30. The minimum Gasteiger partial charge on any atom is -0.335 e. The van der Waals surface area contributed by atoms with Gasteiger partial charge in [0.2, 0.25) is 5.91 Å². The number of Topliss-reactive ketones (excluding diaryl/α,β-unsaturated/α-hetero) is 1. The second kappa shape index (κ2) is 8.80. The molecular formula is C21H20ClN3O3. The van der Waals surface area contributed by atoms with Crippen LogP contribution in [0, 0.1) is 0 Å². The lowest BCUT2D eigenvalue weighted by Gasteiger charge is -2.20. The van der Waals surface area contributed by atoms with Crippen molar-refractivity contribution in [1.82, 2.24) is 14.9 Å². The van der Waals surface area contributed by atoms with Gasteiger partial charge in [0.15, 0.2) is 5.78 Å². The average molecular weight is 398 g/mol. The number of aromatic nitrogens is 2. The molecule has 0 aliphatic rings. The molecule has 0 fully saturated rings. The fourth-order valence-corrected chi connectivity index (χ4v) is 3.05. The fourth-order valence-electron chi connectivity index (χ4n) is 2.93. The van der Waals surface area contributed by atoms with Crippen molar-refractivity contribution in [2.24, 2.45) is 0 Å². The van der Waals surface area contributed by atoms with Gasteiger partial charge < -0.3 is 9.88 Å². The van der Waals surface area contributed by atoms with Gasteiger partial charge >= 0.3 is 0 Å². The molecule has 3 aromatic rings. The smallest absolute Gasteiger partial charge is 0.258 e. The maximum absolute atomic E-state index is 12.5. The molecule has 6 nitrogen and oxygen atoms in total. The molecule has 1 N–H and O–H groups in total. The van der Waals surface area contributed by atoms with E-state index < -0.39 is 0 Å². The minimum atomic E-state index is -0.234. The number of aromatic amines is 1. The van der Waals surface area contributed by atoms with Crippen molar-refractivity contribution in [3.8, 4) is 0 Å². The van der Waals surface area contributed by atoms with E-state index in [1.807, 2.05) is 13.0 Å². The molecule has 0 spiro atoms. The lowest BCUT2D eigenvalue weighted by Crippen LogP contribution is -2.32. The van der Waals surface area contributed by atoms with Crippen molar-refractivity contribution < 1.29 is 9.59 Å². The summed E-state index contributed by atoms with van der Waals surface area (Å²) in [6, 6.07) is 13.6. The van der Waals surface area contributed by atoms with Crippen molar-refractivity contribution in [3.63, 3.8) is 0 Å². The zero-order valence-electron chi connectivity index (χ0n) is 15.4. The maximum atomic E-state index is 12.5. The van der Waals surface area contributed by atoms with Gasteiger partial charge in [0.05, 0.1) is 17.4 Å². The summed E-state index contributed by atoms with van der Waals surface area (Å²) in [5, 5.41) is 1.07. The Morgan fingerprint density at radius 2 is 1.79 bits per heavy atom. The molecule has 1 heterocycles. The summed E-state index contributed by atoms with van der Waals surface area (Å²) in [5.41, 5.74) is 0.880. The Morgan fingerprint density at radius 1 is 1.07 bits per heavy atom. The number of fused-ring (bicyclic) bond motifs is 1.